The molecule has 0 aromatic carbocycles. The lowest BCUT2D eigenvalue weighted by Gasteiger charge is -2.12. The number of aromatic nitrogens is 2. The Kier molecular flexibility index (Phi) is 4.20. The van der Waals surface area contributed by atoms with Crippen molar-refractivity contribution in [3.8, 4) is 11.3 Å². The van der Waals surface area contributed by atoms with E-state index in [1.165, 1.54) is 30.6 Å². The Morgan fingerprint density at radius 2 is 2.30 bits per heavy atom. The maximum atomic E-state index is 14.0. The topological polar surface area (TPSA) is 66.3 Å². The van der Waals surface area contributed by atoms with Gasteiger partial charge >= 0.3 is 6.09 Å². The van der Waals surface area contributed by atoms with Crippen LogP contribution >= 0.6 is 22.9 Å². The Morgan fingerprint density at radius 1 is 1.60 bits per heavy atom. The fourth-order valence-corrected chi connectivity index (χ4v) is 2.83. The molecule has 0 unspecified atom stereocenters. The van der Waals surface area contributed by atoms with E-state index in [0.29, 0.717) is 10.6 Å². The highest BCUT2D eigenvalue weighted by molar-refractivity contribution is 7.12. The van der Waals surface area contributed by atoms with E-state index in [9.17, 15) is 9.18 Å². The number of pyridine rings is 1. The molecule has 0 aliphatic heterocycles. The van der Waals surface area contributed by atoms with Gasteiger partial charge in [-0.3, -0.25) is 0 Å². The van der Waals surface area contributed by atoms with Gasteiger partial charge in [-0.1, -0.05) is 11.6 Å². The number of hydrogen-bond donors (Lipinski definition) is 1. The smallest absolute Gasteiger partial charge is 0.407 e. The van der Waals surface area contributed by atoms with Crippen LogP contribution in [-0.4, -0.2) is 33.1 Å². The number of carbonyl (C=O) groups is 1. The van der Waals surface area contributed by atoms with Crippen LogP contribution in [0.2, 0.25) is 5.15 Å². The molecule has 20 heavy (non-hydrogen) atoms. The minimum absolute atomic E-state index is 0.134. The Hall–Kier alpha value is -1.73. The SMILES string of the molecule is Cc1nc(-c2ccnc(Cl)c2F)c(CN(C)C(=O)O)s1. The van der Waals surface area contributed by atoms with Gasteiger partial charge in [-0.15, -0.1) is 11.3 Å². The largest absolute Gasteiger partial charge is 0.465 e. The number of halogens is 2. The fraction of sp³-hybridized carbons (Fsp3) is 0.250. The monoisotopic (exact) mass is 315 g/mol. The van der Waals surface area contributed by atoms with Crippen LogP contribution < -0.4 is 0 Å². The van der Waals surface area contributed by atoms with Crippen LogP contribution in [0, 0.1) is 12.7 Å². The van der Waals surface area contributed by atoms with Crippen LogP contribution in [0.15, 0.2) is 12.3 Å². The van der Waals surface area contributed by atoms with Crippen molar-refractivity contribution in [1.29, 1.82) is 0 Å². The molecule has 0 aliphatic rings. The summed E-state index contributed by atoms with van der Waals surface area (Å²) < 4.78 is 14.0. The Bertz CT molecular complexity index is 662. The lowest BCUT2D eigenvalue weighted by Crippen LogP contribution is -2.23. The molecule has 106 valence electrons. The molecule has 2 aromatic heterocycles. The van der Waals surface area contributed by atoms with E-state index < -0.39 is 11.9 Å². The van der Waals surface area contributed by atoms with Gasteiger partial charge < -0.3 is 10.0 Å². The van der Waals surface area contributed by atoms with Crippen molar-refractivity contribution < 1.29 is 14.3 Å². The van der Waals surface area contributed by atoms with E-state index >= 15 is 0 Å². The molecule has 2 aromatic rings. The lowest BCUT2D eigenvalue weighted by molar-refractivity contribution is 0.154. The minimum atomic E-state index is -1.06. The van der Waals surface area contributed by atoms with Gasteiger partial charge in [0, 0.05) is 18.8 Å². The Labute approximate surface area is 123 Å². The van der Waals surface area contributed by atoms with Gasteiger partial charge in [-0.2, -0.15) is 0 Å². The molecule has 8 heteroatoms. The normalized spacial score (nSPS) is 10.6. The molecule has 1 N–H and O–H groups in total. The third-order valence-electron chi connectivity index (χ3n) is 2.61. The number of hydrogen-bond acceptors (Lipinski definition) is 4. The highest BCUT2D eigenvalue weighted by Crippen LogP contribution is 2.32. The van der Waals surface area contributed by atoms with Crippen LogP contribution in [0.25, 0.3) is 11.3 Å². The van der Waals surface area contributed by atoms with Gasteiger partial charge in [0.2, 0.25) is 0 Å². The molecule has 0 saturated heterocycles. The maximum absolute atomic E-state index is 14.0. The molecule has 2 rings (SSSR count). The van der Waals surface area contributed by atoms with Crippen molar-refractivity contribution in [2.75, 3.05) is 7.05 Å². The zero-order chi connectivity index (χ0) is 14.9. The highest BCUT2D eigenvalue weighted by atomic mass is 35.5. The summed E-state index contributed by atoms with van der Waals surface area (Å²) in [5.41, 5.74) is 0.630. The van der Waals surface area contributed by atoms with E-state index in [1.807, 2.05) is 0 Å². The van der Waals surface area contributed by atoms with Gasteiger partial charge in [0.05, 0.1) is 22.1 Å². The third-order valence-corrected chi connectivity index (χ3v) is 3.83. The Morgan fingerprint density at radius 3 is 2.95 bits per heavy atom. The number of amides is 1. The second kappa shape index (κ2) is 5.72. The zero-order valence-electron chi connectivity index (χ0n) is 10.7. The molecule has 0 aliphatic carbocycles. The first-order chi connectivity index (χ1) is 9.40. The first-order valence-corrected chi connectivity index (χ1v) is 6.80. The lowest BCUT2D eigenvalue weighted by atomic mass is 10.1. The van der Waals surface area contributed by atoms with Gasteiger partial charge in [0.25, 0.3) is 0 Å². The minimum Gasteiger partial charge on any atom is -0.465 e. The van der Waals surface area contributed by atoms with Gasteiger partial charge in [0.1, 0.15) is 0 Å². The average Bonchev–Trinajstić information content (AvgIpc) is 2.73. The summed E-state index contributed by atoms with van der Waals surface area (Å²) in [5.74, 6) is -0.654. The van der Waals surface area contributed by atoms with Crippen molar-refractivity contribution in [3.05, 3.63) is 33.1 Å². The zero-order valence-corrected chi connectivity index (χ0v) is 12.3. The highest BCUT2D eigenvalue weighted by Gasteiger charge is 2.19. The molecule has 0 bridgehead atoms. The predicted octanol–water partition coefficient (Wildman–Crippen LogP) is 3.42. The van der Waals surface area contributed by atoms with Crippen molar-refractivity contribution in [2.24, 2.45) is 0 Å². The van der Waals surface area contributed by atoms with E-state index in [-0.39, 0.29) is 17.3 Å². The van der Waals surface area contributed by atoms with Crippen molar-refractivity contribution in [3.63, 3.8) is 0 Å². The summed E-state index contributed by atoms with van der Waals surface area (Å²) in [5, 5.41) is 9.41. The maximum Gasteiger partial charge on any atom is 0.407 e. The van der Waals surface area contributed by atoms with Crippen LogP contribution in [0.3, 0.4) is 0 Å². The predicted molar refractivity (Wildman–Crippen MR) is 74.5 cm³/mol. The summed E-state index contributed by atoms with van der Waals surface area (Å²) in [6.45, 7) is 1.91. The summed E-state index contributed by atoms with van der Waals surface area (Å²) >= 11 is 6.99. The second-order valence-corrected chi connectivity index (χ2v) is 5.75. The quantitative estimate of drug-likeness (QED) is 0.881. The van der Waals surface area contributed by atoms with Gasteiger partial charge in [-0.25, -0.2) is 19.2 Å². The third kappa shape index (κ3) is 2.88. The molecule has 0 saturated carbocycles. The average molecular weight is 316 g/mol. The molecule has 2 heterocycles. The Balaban J connectivity index is 2.47. The number of rotatable bonds is 3. The number of thiazole rings is 1. The molecule has 0 atom stereocenters. The van der Waals surface area contributed by atoms with E-state index in [2.05, 4.69) is 9.97 Å². The number of carboxylic acid groups (broad SMARTS) is 1. The second-order valence-electron chi connectivity index (χ2n) is 4.11. The molecular formula is C12H11ClFN3O2S. The fourth-order valence-electron chi connectivity index (χ4n) is 1.67. The summed E-state index contributed by atoms with van der Waals surface area (Å²) in [4.78, 5) is 20.6. The van der Waals surface area contributed by atoms with Crippen molar-refractivity contribution >= 4 is 29.0 Å². The van der Waals surface area contributed by atoms with Crippen LogP contribution in [0.4, 0.5) is 9.18 Å². The molecule has 0 spiro atoms. The number of nitrogens with zero attached hydrogens (tertiary/aromatic N) is 3. The molecular weight excluding hydrogens is 305 g/mol. The van der Waals surface area contributed by atoms with E-state index in [0.717, 1.165) is 9.91 Å². The van der Waals surface area contributed by atoms with Gasteiger partial charge in [0.15, 0.2) is 11.0 Å². The molecule has 0 fully saturated rings. The van der Waals surface area contributed by atoms with E-state index in [1.54, 1.807) is 6.92 Å². The molecule has 5 nitrogen and oxygen atoms in total. The number of aryl methyl sites for hydroxylation is 1. The first kappa shape index (κ1) is 14.7. The standard InChI is InChI=1S/C12H11ClFN3O2S/c1-6-16-10(7-3-4-15-11(13)9(7)14)8(20-6)5-17(2)12(18)19/h3-4H,5H2,1-2H3,(H,18,19). The summed E-state index contributed by atoms with van der Waals surface area (Å²) in [6, 6.07) is 1.47. The first-order valence-electron chi connectivity index (χ1n) is 5.61. The van der Waals surface area contributed by atoms with Crippen LogP contribution in [0.1, 0.15) is 9.88 Å². The van der Waals surface area contributed by atoms with Crippen LogP contribution in [0.5, 0.6) is 0 Å². The van der Waals surface area contributed by atoms with Crippen LogP contribution in [-0.2, 0) is 6.54 Å². The van der Waals surface area contributed by atoms with Crippen molar-refractivity contribution in [2.45, 2.75) is 13.5 Å². The van der Waals surface area contributed by atoms with E-state index in [4.69, 9.17) is 16.7 Å². The molecule has 0 radical (unpaired) electrons. The summed E-state index contributed by atoms with van der Waals surface area (Å²) in [7, 11) is 1.44. The molecule has 1 amide bonds. The van der Waals surface area contributed by atoms with Crippen molar-refractivity contribution in [1.82, 2.24) is 14.9 Å². The summed E-state index contributed by atoms with van der Waals surface area (Å²) in [6.07, 6.45) is 0.329. The van der Waals surface area contributed by atoms with Gasteiger partial charge in [-0.05, 0) is 13.0 Å².